The van der Waals surface area contributed by atoms with Crippen molar-refractivity contribution >= 4 is 0 Å². The van der Waals surface area contributed by atoms with Crippen LogP contribution >= 0.6 is 0 Å². The number of fused-ring (bicyclic) bond motifs is 1. The van der Waals surface area contributed by atoms with E-state index in [0.29, 0.717) is 6.04 Å². The predicted octanol–water partition coefficient (Wildman–Crippen LogP) is 0.397. The van der Waals surface area contributed by atoms with Gasteiger partial charge in [0.25, 0.3) is 0 Å². The summed E-state index contributed by atoms with van der Waals surface area (Å²) >= 11 is 0. The number of nitrogens with two attached hydrogens (primary N) is 1. The average molecular weight is 261 g/mol. The van der Waals surface area contributed by atoms with Crippen LogP contribution < -0.4 is 15.8 Å². The molecular weight excluding hydrogens is 238 g/mol. The Bertz CT molecular complexity index is 435. The highest BCUT2D eigenvalue weighted by molar-refractivity contribution is 5.39. The number of ether oxygens (including phenoxy) is 1. The molecule has 19 heavy (non-hydrogen) atoms. The van der Waals surface area contributed by atoms with E-state index >= 15 is 0 Å². The fourth-order valence-electron chi connectivity index (χ4n) is 3.00. The Kier molecular flexibility index (Phi) is 4.01. The van der Waals surface area contributed by atoms with Gasteiger partial charge in [-0.25, -0.2) is 0 Å². The van der Waals surface area contributed by atoms with Crippen molar-refractivity contribution in [2.75, 3.05) is 39.3 Å². The van der Waals surface area contributed by atoms with Crippen molar-refractivity contribution in [2.45, 2.75) is 18.9 Å². The van der Waals surface area contributed by atoms with Gasteiger partial charge < -0.3 is 15.8 Å². The minimum absolute atomic E-state index is 0.492. The first-order chi connectivity index (χ1) is 9.36. The average Bonchev–Trinajstić information content (AvgIpc) is 2.93. The number of benzene rings is 1. The lowest BCUT2D eigenvalue weighted by Crippen LogP contribution is -2.54. The maximum absolute atomic E-state index is 5.84. The minimum Gasteiger partial charge on any atom is -0.493 e. The molecule has 0 spiro atoms. The quantitative estimate of drug-likeness (QED) is 0.823. The van der Waals surface area contributed by atoms with Gasteiger partial charge in [0.05, 0.1) is 6.61 Å². The van der Waals surface area contributed by atoms with E-state index < -0.39 is 0 Å². The Balaban J connectivity index is 1.59. The zero-order valence-corrected chi connectivity index (χ0v) is 11.4. The number of nitrogens with one attached hydrogen (secondary N) is 1. The zero-order valence-electron chi connectivity index (χ0n) is 11.4. The van der Waals surface area contributed by atoms with Crippen LogP contribution in [0.4, 0.5) is 0 Å². The van der Waals surface area contributed by atoms with Crippen LogP contribution in [0.5, 0.6) is 5.75 Å². The second kappa shape index (κ2) is 5.90. The summed E-state index contributed by atoms with van der Waals surface area (Å²) in [5.74, 6) is 1.07. The van der Waals surface area contributed by atoms with Crippen LogP contribution in [0, 0.1) is 0 Å². The molecule has 2 aliphatic rings. The lowest BCUT2D eigenvalue weighted by atomic mass is 10.1. The molecule has 4 nitrogen and oxygen atoms in total. The number of piperazine rings is 1. The van der Waals surface area contributed by atoms with Gasteiger partial charge in [-0.3, -0.25) is 4.90 Å². The Morgan fingerprint density at radius 3 is 3.26 bits per heavy atom. The molecule has 2 heterocycles. The summed E-state index contributed by atoms with van der Waals surface area (Å²) in [7, 11) is 0. The van der Waals surface area contributed by atoms with E-state index in [-0.39, 0.29) is 0 Å². The van der Waals surface area contributed by atoms with E-state index in [1.165, 1.54) is 11.1 Å². The monoisotopic (exact) mass is 261 g/mol. The highest BCUT2D eigenvalue weighted by atomic mass is 16.5. The van der Waals surface area contributed by atoms with Gasteiger partial charge in [-0.05, 0) is 23.6 Å². The van der Waals surface area contributed by atoms with Crippen molar-refractivity contribution in [1.29, 1.82) is 0 Å². The van der Waals surface area contributed by atoms with Crippen LogP contribution in [0.25, 0.3) is 0 Å². The van der Waals surface area contributed by atoms with E-state index in [0.717, 1.165) is 57.9 Å². The summed E-state index contributed by atoms with van der Waals surface area (Å²) in [6.45, 7) is 5.89. The molecule has 0 saturated carbocycles. The Hall–Kier alpha value is -1.10. The summed E-state index contributed by atoms with van der Waals surface area (Å²) in [5, 5.41) is 3.41. The van der Waals surface area contributed by atoms with E-state index in [1.54, 1.807) is 0 Å². The fourth-order valence-corrected chi connectivity index (χ4v) is 3.00. The van der Waals surface area contributed by atoms with Crippen LogP contribution in [0.3, 0.4) is 0 Å². The molecule has 1 fully saturated rings. The van der Waals surface area contributed by atoms with Gasteiger partial charge in [-0.1, -0.05) is 12.1 Å². The Labute approximate surface area is 114 Å². The summed E-state index contributed by atoms with van der Waals surface area (Å²) < 4.78 is 5.55. The van der Waals surface area contributed by atoms with Crippen LogP contribution in [-0.4, -0.2) is 50.3 Å². The molecule has 1 aromatic rings. The van der Waals surface area contributed by atoms with Gasteiger partial charge in [-0.15, -0.1) is 0 Å². The lowest BCUT2D eigenvalue weighted by molar-refractivity contribution is 0.168. The van der Waals surface area contributed by atoms with Gasteiger partial charge >= 0.3 is 0 Å². The molecule has 4 heteroatoms. The first-order valence-corrected chi connectivity index (χ1v) is 7.26. The molecule has 3 rings (SSSR count). The van der Waals surface area contributed by atoms with Crippen molar-refractivity contribution in [3.8, 4) is 5.75 Å². The maximum Gasteiger partial charge on any atom is 0.122 e. The fraction of sp³-hybridized carbons (Fsp3) is 0.600. The Morgan fingerprint density at radius 2 is 2.37 bits per heavy atom. The molecule has 0 aromatic heterocycles. The molecule has 3 N–H and O–H groups in total. The van der Waals surface area contributed by atoms with E-state index in [4.69, 9.17) is 10.5 Å². The van der Waals surface area contributed by atoms with Crippen LogP contribution in [-0.2, 0) is 12.8 Å². The minimum atomic E-state index is 0.492. The molecule has 1 unspecified atom stereocenters. The molecule has 0 amide bonds. The second-order valence-corrected chi connectivity index (χ2v) is 5.42. The molecule has 1 saturated heterocycles. The normalized spacial score (nSPS) is 23.1. The van der Waals surface area contributed by atoms with Gasteiger partial charge in [0.2, 0.25) is 0 Å². The summed E-state index contributed by atoms with van der Waals surface area (Å²) in [4.78, 5) is 2.51. The number of hydrogen-bond donors (Lipinski definition) is 2. The number of nitrogens with zero attached hydrogens (tertiary/aromatic N) is 1. The second-order valence-electron chi connectivity index (χ2n) is 5.42. The predicted molar refractivity (Wildman–Crippen MR) is 76.6 cm³/mol. The highest BCUT2D eigenvalue weighted by Crippen LogP contribution is 2.26. The van der Waals surface area contributed by atoms with Gasteiger partial charge in [0.15, 0.2) is 0 Å². The summed E-state index contributed by atoms with van der Waals surface area (Å²) in [6.07, 6.45) is 2.16. The summed E-state index contributed by atoms with van der Waals surface area (Å²) in [5.41, 5.74) is 8.62. The van der Waals surface area contributed by atoms with Gasteiger partial charge in [0.1, 0.15) is 5.75 Å². The lowest BCUT2D eigenvalue weighted by Gasteiger charge is -2.35. The standard InChI is InChI=1S/C15H23N3O/c16-10-14-11-17-5-7-18(14)6-3-12-1-2-15-13(9-12)4-8-19-15/h1-2,9,14,17H,3-8,10-11,16H2. The van der Waals surface area contributed by atoms with Crippen LogP contribution in [0.2, 0.25) is 0 Å². The molecule has 2 aliphatic heterocycles. The highest BCUT2D eigenvalue weighted by Gasteiger charge is 2.20. The molecule has 1 atom stereocenters. The summed E-state index contributed by atoms with van der Waals surface area (Å²) in [6, 6.07) is 7.12. The van der Waals surface area contributed by atoms with Crippen LogP contribution in [0.15, 0.2) is 18.2 Å². The first-order valence-electron chi connectivity index (χ1n) is 7.26. The van der Waals surface area contributed by atoms with E-state index in [1.807, 2.05) is 0 Å². The number of rotatable bonds is 4. The topological polar surface area (TPSA) is 50.5 Å². The smallest absolute Gasteiger partial charge is 0.122 e. The molecule has 0 aliphatic carbocycles. The van der Waals surface area contributed by atoms with Crippen molar-refractivity contribution in [3.05, 3.63) is 29.3 Å². The van der Waals surface area contributed by atoms with Gasteiger partial charge in [0, 0.05) is 45.2 Å². The number of hydrogen-bond acceptors (Lipinski definition) is 4. The Morgan fingerprint density at radius 1 is 1.42 bits per heavy atom. The SMILES string of the molecule is NCC1CNCCN1CCc1ccc2c(c1)CCO2. The maximum atomic E-state index is 5.84. The van der Waals surface area contributed by atoms with Crippen LogP contribution in [0.1, 0.15) is 11.1 Å². The third kappa shape index (κ3) is 2.91. The third-order valence-electron chi connectivity index (χ3n) is 4.19. The van der Waals surface area contributed by atoms with Crippen molar-refractivity contribution in [2.24, 2.45) is 5.73 Å². The molecule has 1 aromatic carbocycles. The largest absolute Gasteiger partial charge is 0.493 e. The van der Waals surface area contributed by atoms with Crippen molar-refractivity contribution < 1.29 is 4.74 Å². The van der Waals surface area contributed by atoms with Crippen molar-refractivity contribution in [1.82, 2.24) is 10.2 Å². The molecule has 104 valence electrons. The third-order valence-corrected chi connectivity index (χ3v) is 4.19. The van der Waals surface area contributed by atoms with Crippen molar-refractivity contribution in [3.63, 3.8) is 0 Å². The van der Waals surface area contributed by atoms with E-state index in [9.17, 15) is 0 Å². The first kappa shape index (κ1) is 12.9. The molecule has 0 radical (unpaired) electrons. The van der Waals surface area contributed by atoms with Gasteiger partial charge in [-0.2, -0.15) is 0 Å². The molecule has 0 bridgehead atoms. The van der Waals surface area contributed by atoms with E-state index in [2.05, 4.69) is 28.4 Å². The zero-order chi connectivity index (χ0) is 13.1. The molecular formula is C15H23N3O.